The van der Waals surface area contributed by atoms with E-state index in [9.17, 15) is 4.79 Å². The van der Waals surface area contributed by atoms with Gasteiger partial charge >= 0.3 is 0 Å². The predicted molar refractivity (Wildman–Crippen MR) is 82.5 cm³/mol. The molecule has 1 aromatic carbocycles. The summed E-state index contributed by atoms with van der Waals surface area (Å²) in [5.41, 5.74) is 2.22. The Labute approximate surface area is 122 Å². The van der Waals surface area contributed by atoms with Gasteiger partial charge in [0.25, 0.3) is 0 Å². The standard InChI is InChI=1S/C17H26N2O/c1-4-19(12-15-8-5-7-14(2)11-15)16(20)17(3)9-6-10-18-13-17/h5,7-8,11,18H,4,6,9-10,12-13H2,1-3H3. The molecule has 1 heterocycles. The molecule has 3 heteroatoms. The van der Waals surface area contributed by atoms with E-state index in [4.69, 9.17) is 0 Å². The normalized spacial score (nSPS) is 22.6. The highest BCUT2D eigenvalue weighted by Crippen LogP contribution is 2.28. The third-order valence-electron chi connectivity index (χ3n) is 4.24. The lowest BCUT2D eigenvalue weighted by molar-refractivity contribution is -0.142. The maximum Gasteiger partial charge on any atom is 0.230 e. The van der Waals surface area contributed by atoms with Gasteiger partial charge in [0.2, 0.25) is 5.91 Å². The van der Waals surface area contributed by atoms with Crippen molar-refractivity contribution in [3.05, 3.63) is 35.4 Å². The fourth-order valence-corrected chi connectivity index (χ4v) is 2.98. The molecule has 0 spiro atoms. The van der Waals surface area contributed by atoms with Gasteiger partial charge in [-0.05, 0) is 45.7 Å². The number of aryl methyl sites for hydroxylation is 1. The summed E-state index contributed by atoms with van der Waals surface area (Å²) in [6.07, 6.45) is 2.08. The highest BCUT2D eigenvalue weighted by molar-refractivity contribution is 5.82. The lowest BCUT2D eigenvalue weighted by atomic mass is 9.81. The van der Waals surface area contributed by atoms with Gasteiger partial charge in [-0.15, -0.1) is 0 Å². The lowest BCUT2D eigenvalue weighted by Crippen LogP contribution is -2.50. The molecule has 0 aromatic heterocycles. The zero-order valence-corrected chi connectivity index (χ0v) is 12.9. The van der Waals surface area contributed by atoms with Gasteiger partial charge in [-0.3, -0.25) is 4.79 Å². The van der Waals surface area contributed by atoms with Crippen molar-refractivity contribution >= 4 is 5.91 Å². The average Bonchev–Trinajstić information content (AvgIpc) is 2.45. The molecule has 1 fully saturated rings. The first-order valence-corrected chi connectivity index (χ1v) is 7.61. The minimum atomic E-state index is -0.238. The Morgan fingerprint density at radius 3 is 2.85 bits per heavy atom. The molecule has 3 nitrogen and oxygen atoms in total. The molecule has 2 rings (SSSR count). The quantitative estimate of drug-likeness (QED) is 0.915. The highest BCUT2D eigenvalue weighted by Gasteiger charge is 2.37. The third-order valence-corrected chi connectivity index (χ3v) is 4.24. The number of benzene rings is 1. The minimum absolute atomic E-state index is 0.238. The van der Waals surface area contributed by atoms with Gasteiger partial charge in [0.05, 0.1) is 5.41 Å². The van der Waals surface area contributed by atoms with E-state index < -0.39 is 0 Å². The molecular formula is C17H26N2O. The van der Waals surface area contributed by atoms with Crippen LogP contribution in [0, 0.1) is 12.3 Å². The molecule has 0 bridgehead atoms. The average molecular weight is 274 g/mol. The van der Waals surface area contributed by atoms with Gasteiger partial charge < -0.3 is 10.2 Å². The molecule has 1 N–H and O–H groups in total. The molecule has 1 aliphatic rings. The molecule has 1 saturated heterocycles. The van der Waals surface area contributed by atoms with Crippen molar-refractivity contribution < 1.29 is 4.79 Å². The van der Waals surface area contributed by atoms with E-state index in [2.05, 4.69) is 50.4 Å². The van der Waals surface area contributed by atoms with E-state index in [-0.39, 0.29) is 11.3 Å². The van der Waals surface area contributed by atoms with Crippen LogP contribution >= 0.6 is 0 Å². The molecule has 1 atom stereocenters. The van der Waals surface area contributed by atoms with Crippen molar-refractivity contribution in [1.82, 2.24) is 10.2 Å². The van der Waals surface area contributed by atoms with Gasteiger partial charge in [-0.1, -0.05) is 29.8 Å². The Bertz CT molecular complexity index is 464. The summed E-state index contributed by atoms with van der Waals surface area (Å²) in [6.45, 7) is 9.57. The minimum Gasteiger partial charge on any atom is -0.338 e. The second-order valence-electron chi connectivity index (χ2n) is 6.15. The molecule has 1 unspecified atom stereocenters. The predicted octanol–water partition coefficient (Wildman–Crippen LogP) is 2.73. The first kappa shape index (κ1) is 15.0. The molecular weight excluding hydrogens is 248 g/mol. The molecule has 0 saturated carbocycles. The Morgan fingerprint density at radius 1 is 1.45 bits per heavy atom. The van der Waals surface area contributed by atoms with Crippen LogP contribution in [0.4, 0.5) is 0 Å². The van der Waals surface area contributed by atoms with E-state index in [1.165, 1.54) is 11.1 Å². The Kier molecular flexibility index (Phi) is 4.81. The Balaban J connectivity index is 2.09. The van der Waals surface area contributed by atoms with Gasteiger partial charge in [-0.25, -0.2) is 0 Å². The molecule has 20 heavy (non-hydrogen) atoms. The van der Waals surface area contributed by atoms with Crippen molar-refractivity contribution in [2.45, 2.75) is 40.2 Å². The molecule has 0 aliphatic carbocycles. The van der Waals surface area contributed by atoms with Crippen molar-refractivity contribution in [3.63, 3.8) is 0 Å². The zero-order chi connectivity index (χ0) is 14.6. The second-order valence-corrected chi connectivity index (χ2v) is 6.15. The number of hydrogen-bond acceptors (Lipinski definition) is 2. The highest BCUT2D eigenvalue weighted by atomic mass is 16.2. The summed E-state index contributed by atoms with van der Waals surface area (Å²) < 4.78 is 0. The van der Waals surface area contributed by atoms with Gasteiger partial charge in [0.15, 0.2) is 0 Å². The Hall–Kier alpha value is -1.35. The van der Waals surface area contributed by atoms with Gasteiger partial charge in [-0.2, -0.15) is 0 Å². The van der Waals surface area contributed by atoms with Crippen LogP contribution in [0.1, 0.15) is 37.8 Å². The number of nitrogens with zero attached hydrogens (tertiary/aromatic N) is 1. The van der Waals surface area contributed by atoms with Crippen LogP contribution in [0.2, 0.25) is 0 Å². The summed E-state index contributed by atoms with van der Waals surface area (Å²) in [5, 5.41) is 3.36. The molecule has 1 aliphatic heterocycles. The third kappa shape index (κ3) is 3.40. The van der Waals surface area contributed by atoms with Crippen LogP contribution in [-0.2, 0) is 11.3 Å². The number of carbonyl (C=O) groups excluding carboxylic acids is 1. The summed E-state index contributed by atoms with van der Waals surface area (Å²) >= 11 is 0. The number of amides is 1. The summed E-state index contributed by atoms with van der Waals surface area (Å²) in [7, 11) is 0. The van der Waals surface area contributed by atoms with Crippen molar-refractivity contribution in [2.75, 3.05) is 19.6 Å². The van der Waals surface area contributed by atoms with E-state index >= 15 is 0 Å². The Morgan fingerprint density at radius 2 is 2.25 bits per heavy atom. The van der Waals surface area contributed by atoms with E-state index in [0.717, 1.165) is 32.5 Å². The number of nitrogens with one attached hydrogen (secondary N) is 1. The van der Waals surface area contributed by atoms with E-state index in [0.29, 0.717) is 6.54 Å². The maximum atomic E-state index is 12.8. The van der Waals surface area contributed by atoms with Crippen LogP contribution in [0.3, 0.4) is 0 Å². The number of hydrogen-bond donors (Lipinski definition) is 1. The summed E-state index contributed by atoms with van der Waals surface area (Å²) in [4.78, 5) is 14.8. The SMILES string of the molecule is CCN(Cc1cccc(C)c1)C(=O)C1(C)CCCNC1. The molecule has 1 aromatic rings. The monoisotopic (exact) mass is 274 g/mol. The second kappa shape index (κ2) is 6.40. The summed E-state index contributed by atoms with van der Waals surface area (Å²) in [6, 6.07) is 8.42. The molecule has 110 valence electrons. The fraction of sp³-hybridized carbons (Fsp3) is 0.588. The molecule has 0 radical (unpaired) electrons. The number of carbonyl (C=O) groups is 1. The van der Waals surface area contributed by atoms with E-state index in [1.807, 2.05) is 4.90 Å². The van der Waals surface area contributed by atoms with Crippen LogP contribution in [0.5, 0.6) is 0 Å². The van der Waals surface area contributed by atoms with Crippen LogP contribution < -0.4 is 5.32 Å². The largest absolute Gasteiger partial charge is 0.338 e. The van der Waals surface area contributed by atoms with Crippen molar-refractivity contribution in [2.24, 2.45) is 5.41 Å². The van der Waals surface area contributed by atoms with Gasteiger partial charge in [0, 0.05) is 19.6 Å². The summed E-state index contributed by atoms with van der Waals surface area (Å²) in [5.74, 6) is 0.286. The van der Waals surface area contributed by atoms with Crippen LogP contribution in [0.25, 0.3) is 0 Å². The fourth-order valence-electron chi connectivity index (χ4n) is 2.98. The first-order valence-electron chi connectivity index (χ1n) is 7.61. The zero-order valence-electron chi connectivity index (χ0n) is 12.9. The molecule has 1 amide bonds. The van der Waals surface area contributed by atoms with Crippen molar-refractivity contribution in [3.8, 4) is 0 Å². The first-order chi connectivity index (χ1) is 9.55. The number of piperidine rings is 1. The number of rotatable bonds is 4. The van der Waals surface area contributed by atoms with Gasteiger partial charge in [0.1, 0.15) is 0 Å². The van der Waals surface area contributed by atoms with Crippen molar-refractivity contribution in [1.29, 1.82) is 0 Å². The smallest absolute Gasteiger partial charge is 0.230 e. The topological polar surface area (TPSA) is 32.3 Å². The maximum absolute atomic E-state index is 12.8. The van der Waals surface area contributed by atoms with E-state index in [1.54, 1.807) is 0 Å². The van der Waals surface area contributed by atoms with Crippen LogP contribution in [0.15, 0.2) is 24.3 Å². The van der Waals surface area contributed by atoms with Crippen LogP contribution in [-0.4, -0.2) is 30.4 Å². The lowest BCUT2D eigenvalue weighted by Gasteiger charge is -2.37.